The predicted octanol–water partition coefficient (Wildman–Crippen LogP) is 5.00. The number of nitrogens with zero attached hydrogens (tertiary/aromatic N) is 2. The zero-order chi connectivity index (χ0) is 21.6. The second-order valence-electron chi connectivity index (χ2n) is 7.35. The lowest BCUT2D eigenvalue weighted by molar-refractivity contribution is 0.0949. The highest BCUT2D eigenvalue weighted by molar-refractivity contribution is 5.96. The Morgan fingerprint density at radius 3 is 2.19 bits per heavy atom. The lowest BCUT2D eigenvalue weighted by Gasteiger charge is -2.12. The van der Waals surface area contributed by atoms with Gasteiger partial charge in [-0.25, -0.2) is 4.68 Å². The molecule has 1 heterocycles. The molecule has 1 N–H and O–H groups in total. The standard InChI is InChI=1S/C26H25N3O2/c1-19-25(20(2)29(28-19)23-13-5-3-6-14-23)26(30)27-17-21-11-9-10-12-22(21)18-31-24-15-7-4-8-16-24/h3-16H,17-18H2,1-2H3,(H,27,30). The molecule has 0 atom stereocenters. The van der Waals surface area contributed by atoms with Gasteiger partial charge in [-0.2, -0.15) is 5.10 Å². The molecular weight excluding hydrogens is 386 g/mol. The number of carbonyl (C=O) groups is 1. The van der Waals surface area contributed by atoms with Crippen molar-refractivity contribution in [2.75, 3.05) is 0 Å². The van der Waals surface area contributed by atoms with Crippen LogP contribution in [0.2, 0.25) is 0 Å². The highest BCUT2D eigenvalue weighted by Gasteiger charge is 2.19. The number of benzene rings is 3. The van der Waals surface area contributed by atoms with E-state index in [9.17, 15) is 4.79 Å². The van der Waals surface area contributed by atoms with Crippen LogP contribution in [0.1, 0.15) is 32.9 Å². The maximum Gasteiger partial charge on any atom is 0.255 e. The normalized spacial score (nSPS) is 10.6. The highest BCUT2D eigenvalue weighted by atomic mass is 16.5. The summed E-state index contributed by atoms with van der Waals surface area (Å²) in [5.74, 6) is 0.692. The SMILES string of the molecule is Cc1nn(-c2ccccc2)c(C)c1C(=O)NCc1ccccc1COc1ccccc1. The summed E-state index contributed by atoms with van der Waals surface area (Å²) in [5, 5.41) is 7.63. The van der Waals surface area contributed by atoms with Crippen LogP contribution >= 0.6 is 0 Å². The first-order valence-electron chi connectivity index (χ1n) is 10.3. The van der Waals surface area contributed by atoms with E-state index < -0.39 is 0 Å². The van der Waals surface area contributed by atoms with Crippen molar-refractivity contribution in [3.63, 3.8) is 0 Å². The topological polar surface area (TPSA) is 56.2 Å². The Morgan fingerprint density at radius 1 is 0.871 bits per heavy atom. The molecule has 0 saturated heterocycles. The monoisotopic (exact) mass is 411 g/mol. The Kier molecular flexibility index (Phi) is 6.13. The summed E-state index contributed by atoms with van der Waals surface area (Å²) < 4.78 is 7.70. The third-order valence-electron chi connectivity index (χ3n) is 5.21. The molecule has 31 heavy (non-hydrogen) atoms. The van der Waals surface area contributed by atoms with E-state index in [0.717, 1.165) is 28.3 Å². The molecule has 5 nitrogen and oxygen atoms in total. The zero-order valence-electron chi connectivity index (χ0n) is 17.7. The number of ether oxygens (including phenoxy) is 1. The van der Waals surface area contributed by atoms with Gasteiger partial charge < -0.3 is 10.1 Å². The average molecular weight is 412 g/mol. The van der Waals surface area contributed by atoms with Gasteiger partial charge in [-0.1, -0.05) is 60.7 Å². The summed E-state index contributed by atoms with van der Waals surface area (Å²) in [6.45, 7) is 4.65. The van der Waals surface area contributed by atoms with E-state index in [1.165, 1.54) is 0 Å². The van der Waals surface area contributed by atoms with Crippen LogP contribution in [0.4, 0.5) is 0 Å². The van der Waals surface area contributed by atoms with Gasteiger partial charge in [-0.3, -0.25) is 4.79 Å². The quantitative estimate of drug-likeness (QED) is 0.466. The fraction of sp³-hybridized carbons (Fsp3) is 0.154. The Balaban J connectivity index is 1.47. The zero-order valence-corrected chi connectivity index (χ0v) is 17.7. The van der Waals surface area contributed by atoms with Crippen LogP contribution in [0.5, 0.6) is 5.75 Å². The molecule has 4 rings (SSSR count). The Bertz CT molecular complexity index is 1170. The van der Waals surface area contributed by atoms with Crippen LogP contribution in [0.25, 0.3) is 5.69 Å². The Hall–Kier alpha value is -3.86. The van der Waals surface area contributed by atoms with Crippen LogP contribution in [-0.4, -0.2) is 15.7 Å². The summed E-state index contributed by atoms with van der Waals surface area (Å²) >= 11 is 0. The summed E-state index contributed by atoms with van der Waals surface area (Å²) in [6.07, 6.45) is 0. The molecule has 156 valence electrons. The average Bonchev–Trinajstić information content (AvgIpc) is 3.11. The van der Waals surface area contributed by atoms with Gasteiger partial charge >= 0.3 is 0 Å². The first-order chi connectivity index (χ1) is 15.1. The maximum absolute atomic E-state index is 13.0. The van der Waals surface area contributed by atoms with Gasteiger partial charge in [0, 0.05) is 6.54 Å². The number of para-hydroxylation sites is 2. The second kappa shape index (κ2) is 9.30. The van der Waals surface area contributed by atoms with Gasteiger partial charge in [0.25, 0.3) is 5.91 Å². The number of amides is 1. The van der Waals surface area contributed by atoms with Crippen LogP contribution in [-0.2, 0) is 13.2 Å². The molecule has 0 spiro atoms. The van der Waals surface area contributed by atoms with E-state index in [4.69, 9.17) is 4.74 Å². The van der Waals surface area contributed by atoms with Crippen LogP contribution in [0.15, 0.2) is 84.9 Å². The number of carbonyl (C=O) groups excluding carboxylic acids is 1. The third-order valence-corrected chi connectivity index (χ3v) is 5.21. The first kappa shape index (κ1) is 20.4. The van der Waals surface area contributed by atoms with Crippen molar-refractivity contribution < 1.29 is 9.53 Å². The third kappa shape index (κ3) is 4.67. The molecule has 0 saturated carbocycles. The van der Waals surface area contributed by atoms with Crippen LogP contribution in [0, 0.1) is 13.8 Å². The molecule has 0 bridgehead atoms. The van der Waals surface area contributed by atoms with Crippen LogP contribution in [0.3, 0.4) is 0 Å². The number of aromatic nitrogens is 2. The molecule has 1 amide bonds. The largest absolute Gasteiger partial charge is 0.489 e. The van der Waals surface area contributed by atoms with E-state index in [1.807, 2.05) is 103 Å². The summed E-state index contributed by atoms with van der Waals surface area (Å²) in [5.41, 5.74) is 5.14. The molecule has 3 aromatic carbocycles. The number of aryl methyl sites for hydroxylation is 1. The molecule has 0 fully saturated rings. The van der Waals surface area contributed by atoms with Gasteiger partial charge in [0.2, 0.25) is 0 Å². The van der Waals surface area contributed by atoms with E-state index in [1.54, 1.807) is 0 Å². The number of hydrogen-bond acceptors (Lipinski definition) is 3. The molecule has 0 aliphatic heterocycles. The second-order valence-corrected chi connectivity index (χ2v) is 7.35. The number of rotatable bonds is 7. The minimum atomic E-state index is -0.129. The lowest BCUT2D eigenvalue weighted by Crippen LogP contribution is -2.24. The van der Waals surface area contributed by atoms with E-state index in [-0.39, 0.29) is 5.91 Å². The van der Waals surface area contributed by atoms with Gasteiger partial charge in [-0.15, -0.1) is 0 Å². The fourth-order valence-corrected chi connectivity index (χ4v) is 3.60. The maximum atomic E-state index is 13.0. The molecule has 4 aromatic rings. The summed E-state index contributed by atoms with van der Waals surface area (Å²) in [7, 11) is 0. The van der Waals surface area contributed by atoms with Gasteiger partial charge in [0.05, 0.1) is 22.6 Å². The molecule has 0 radical (unpaired) electrons. The van der Waals surface area contributed by atoms with Crippen molar-refractivity contribution in [3.05, 3.63) is 113 Å². The molecule has 0 unspecified atom stereocenters. The van der Waals surface area contributed by atoms with Crippen molar-refractivity contribution in [3.8, 4) is 11.4 Å². The van der Waals surface area contributed by atoms with Gasteiger partial charge in [-0.05, 0) is 49.2 Å². The van der Waals surface area contributed by atoms with Crippen molar-refractivity contribution in [2.24, 2.45) is 0 Å². The van der Waals surface area contributed by atoms with E-state index >= 15 is 0 Å². The van der Waals surface area contributed by atoms with Crippen LogP contribution < -0.4 is 10.1 Å². The molecule has 5 heteroatoms. The Labute approximate surface area is 182 Å². The Morgan fingerprint density at radius 2 is 1.48 bits per heavy atom. The molecular formula is C26H25N3O2. The fourth-order valence-electron chi connectivity index (χ4n) is 3.60. The van der Waals surface area contributed by atoms with Crippen molar-refractivity contribution in [1.82, 2.24) is 15.1 Å². The number of hydrogen-bond donors (Lipinski definition) is 1. The smallest absolute Gasteiger partial charge is 0.255 e. The molecule has 0 aliphatic carbocycles. The lowest BCUT2D eigenvalue weighted by atomic mass is 10.1. The van der Waals surface area contributed by atoms with Crippen molar-refractivity contribution >= 4 is 5.91 Å². The van der Waals surface area contributed by atoms with E-state index in [0.29, 0.717) is 24.4 Å². The van der Waals surface area contributed by atoms with Crippen molar-refractivity contribution in [2.45, 2.75) is 27.0 Å². The highest BCUT2D eigenvalue weighted by Crippen LogP contribution is 2.19. The molecule has 0 aliphatic rings. The predicted molar refractivity (Wildman–Crippen MR) is 121 cm³/mol. The first-order valence-corrected chi connectivity index (χ1v) is 10.3. The van der Waals surface area contributed by atoms with Gasteiger partial charge in [0.1, 0.15) is 12.4 Å². The summed E-state index contributed by atoms with van der Waals surface area (Å²) in [6, 6.07) is 27.5. The van der Waals surface area contributed by atoms with E-state index in [2.05, 4.69) is 10.4 Å². The number of nitrogens with one attached hydrogen (secondary N) is 1. The molecule has 1 aromatic heterocycles. The minimum Gasteiger partial charge on any atom is -0.489 e. The van der Waals surface area contributed by atoms with Crippen molar-refractivity contribution in [1.29, 1.82) is 0 Å². The summed E-state index contributed by atoms with van der Waals surface area (Å²) in [4.78, 5) is 13.0. The van der Waals surface area contributed by atoms with Gasteiger partial charge in [0.15, 0.2) is 0 Å². The minimum absolute atomic E-state index is 0.129.